The molecule has 1 heterocycles. The van der Waals surface area contributed by atoms with Gasteiger partial charge >= 0.3 is 0 Å². The lowest BCUT2D eigenvalue weighted by Crippen LogP contribution is -2.09. The van der Waals surface area contributed by atoms with Crippen LogP contribution in [-0.4, -0.2) is 16.0 Å². The minimum absolute atomic E-state index is 0.404. The maximum Gasteiger partial charge on any atom is 0.123 e. The summed E-state index contributed by atoms with van der Waals surface area (Å²) in [6.45, 7) is 4.31. The Balaban J connectivity index is 1.86. The minimum atomic E-state index is -0.541. The molecule has 0 N–H and O–H groups in total. The summed E-state index contributed by atoms with van der Waals surface area (Å²) in [6.07, 6.45) is 1.01. The van der Waals surface area contributed by atoms with Crippen LogP contribution in [0.4, 0.5) is 4.39 Å². The van der Waals surface area contributed by atoms with Gasteiger partial charge in [-0.1, -0.05) is 0 Å². The van der Waals surface area contributed by atoms with Crippen molar-refractivity contribution in [2.45, 2.75) is 44.8 Å². The molecule has 2 unspecified atom stereocenters. The van der Waals surface area contributed by atoms with Gasteiger partial charge in [0.05, 0.1) is 0 Å². The van der Waals surface area contributed by atoms with E-state index >= 15 is 0 Å². The number of aromatic nitrogens is 2. The van der Waals surface area contributed by atoms with Gasteiger partial charge in [0.2, 0.25) is 0 Å². The molecule has 0 saturated heterocycles. The summed E-state index contributed by atoms with van der Waals surface area (Å²) in [5, 5.41) is 4.53. The van der Waals surface area contributed by atoms with E-state index in [0.29, 0.717) is 23.8 Å². The van der Waals surface area contributed by atoms with E-state index in [-0.39, 0.29) is 0 Å². The highest BCUT2D eigenvalue weighted by atomic mass is 127. The predicted octanol–water partition coefficient (Wildman–Crippen LogP) is 3.53. The van der Waals surface area contributed by atoms with Gasteiger partial charge in [-0.05, 0) is 67.2 Å². The molecule has 0 aliphatic heterocycles. The summed E-state index contributed by atoms with van der Waals surface area (Å²) in [5.74, 6) is 1.78. The number of hydrogen-bond donors (Lipinski definition) is 0. The Labute approximate surface area is 109 Å². The zero-order chi connectivity index (χ0) is 11.4. The maximum atomic E-state index is 13.1. The first-order chi connectivity index (χ1) is 7.58. The molecular formula is C12H16FIN2. The van der Waals surface area contributed by atoms with Gasteiger partial charge in [-0.25, -0.2) is 4.39 Å². The van der Waals surface area contributed by atoms with Crippen molar-refractivity contribution in [3.05, 3.63) is 15.5 Å². The third kappa shape index (κ3) is 1.60. The highest BCUT2D eigenvalue weighted by Gasteiger charge is 2.58. The van der Waals surface area contributed by atoms with Crippen LogP contribution in [0.1, 0.15) is 44.3 Å². The van der Waals surface area contributed by atoms with Crippen molar-refractivity contribution in [2.24, 2.45) is 11.8 Å². The van der Waals surface area contributed by atoms with Crippen LogP contribution in [0.2, 0.25) is 0 Å². The van der Waals surface area contributed by atoms with Crippen molar-refractivity contribution in [2.75, 3.05) is 0 Å². The van der Waals surface area contributed by atoms with Gasteiger partial charge in [-0.15, -0.1) is 0 Å². The molecule has 88 valence electrons. The number of hydrogen-bond acceptors (Lipinski definition) is 1. The van der Waals surface area contributed by atoms with Crippen molar-refractivity contribution in [1.29, 1.82) is 0 Å². The van der Waals surface area contributed by atoms with E-state index in [0.717, 1.165) is 16.5 Å². The van der Waals surface area contributed by atoms with Crippen molar-refractivity contribution in [3.63, 3.8) is 0 Å². The van der Waals surface area contributed by atoms with Crippen molar-refractivity contribution < 1.29 is 4.39 Å². The number of halogens is 2. The van der Waals surface area contributed by atoms with Crippen molar-refractivity contribution >= 4 is 22.6 Å². The van der Waals surface area contributed by atoms with Crippen LogP contribution in [0.3, 0.4) is 0 Å². The minimum Gasteiger partial charge on any atom is -0.266 e. The van der Waals surface area contributed by atoms with Crippen LogP contribution in [0, 0.1) is 15.5 Å². The zero-order valence-corrected chi connectivity index (χ0v) is 11.7. The predicted molar refractivity (Wildman–Crippen MR) is 69.2 cm³/mol. The van der Waals surface area contributed by atoms with Gasteiger partial charge in [0.25, 0.3) is 0 Å². The second-order valence-corrected chi connectivity index (χ2v) is 6.46. The Hall–Kier alpha value is -0.130. The molecule has 0 bridgehead atoms. The molecule has 0 radical (unpaired) electrons. The second-order valence-electron chi connectivity index (χ2n) is 5.35. The van der Waals surface area contributed by atoms with Gasteiger partial charge in [0, 0.05) is 17.7 Å². The molecule has 0 aromatic carbocycles. The topological polar surface area (TPSA) is 17.8 Å². The van der Waals surface area contributed by atoms with E-state index in [4.69, 9.17) is 0 Å². The van der Waals surface area contributed by atoms with Gasteiger partial charge in [0.15, 0.2) is 0 Å². The zero-order valence-electron chi connectivity index (χ0n) is 9.53. The molecule has 2 aliphatic carbocycles. The van der Waals surface area contributed by atoms with E-state index in [2.05, 4.69) is 52.3 Å². The third-order valence-electron chi connectivity index (χ3n) is 3.95. The van der Waals surface area contributed by atoms with Crippen LogP contribution in [0.5, 0.6) is 0 Å². The Morgan fingerprint density at radius 1 is 1.44 bits per heavy atom. The van der Waals surface area contributed by atoms with Gasteiger partial charge in [-0.3, -0.25) is 4.68 Å². The molecule has 0 spiro atoms. The Kier molecular flexibility index (Phi) is 2.53. The summed E-state index contributed by atoms with van der Waals surface area (Å²) in [4.78, 5) is 0. The number of nitrogens with zero attached hydrogens (tertiary/aromatic N) is 2. The van der Waals surface area contributed by atoms with E-state index in [9.17, 15) is 4.39 Å². The lowest BCUT2D eigenvalue weighted by Gasteiger charge is -2.12. The van der Waals surface area contributed by atoms with E-state index in [1.807, 2.05) is 0 Å². The van der Waals surface area contributed by atoms with Crippen LogP contribution >= 0.6 is 22.6 Å². The van der Waals surface area contributed by atoms with E-state index in [1.165, 1.54) is 5.69 Å². The molecule has 2 aliphatic rings. The monoisotopic (exact) mass is 334 g/mol. The van der Waals surface area contributed by atoms with Crippen LogP contribution in [0.25, 0.3) is 0 Å². The standard InChI is InChI=1S/C12H16FIN2/c1-6(2)16-10(5-11(14)15-16)12-8-3-7(13)4-9(8)12/h5-9,12H,3-4H2,1-2H3/t7?,8-,9+,12?. The summed E-state index contributed by atoms with van der Waals surface area (Å²) in [5.41, 5.74) is 1.33. The maximum absolute atomic E-state index is 13.1. The summed E-state index contributed by atoms with van der Waals surface area (Å²) < 4.78 is 16.3. The van der Waals surface area contributed by atoms with E-state index < -0.39 is 6.17 Å². The lowest BCUT2D eigenvalue weighted by atomic mass is 10.1. The lowest BCUT2D eigenvalue weighted by molar-refractivity contribution is 0.308. The third-order valence-corrected chi connectivity index (χ3v) is 4.48. The number of alkyl halides is 1. The fraction of sp³-hybridized carbons (Fsp3) is 0.750. The summed E-state index contributed by atoms with van der Waals surface area (Å²) >= 11 is 2.26. The fourth-order valence-corrected chi connectivity index (χ4v) is 3.81. The van der Waals surface area contributed by atoms with E-state index in [1.54, 1.807) is 0 Å². The van der Waals surface area contributed by atoms with Crippen LogP contribution < -0.4 is 0 Å². The molecule has 4 heteroatoms. The molecule has 2 saturated carbocycles. The molecule has 1 aromatic rings. The average Bonchev–Trinajstić information content (AvgIpc) is 2.60. The first-order valence-corrected chi connectivity index (χ1v) is 7.05. The molecule has 2 fully saturated rings. The summed E-state index contributed by atoms with van der Waals surface area (Å²) in [7, 11) is 0. The Bertz CT molecular complexity index is 403. The SMILES string of the molecule is CC(C)n1nc(I)cc1C1[C@H]2CC(F)C[C@@H]12. The average molecular weight is 334 g/mol. The van der Waals surface area contributed by atoms with Gasteiger partial charge < -0.3 is 0 Å². The number of rotatable bonds is 2. The normalized spacial score (nSPS) is 36.8. The van der Waals surface area contributed by atoms with Gasteiger partial charge in [0.1, 0.15) is 9.87 Å². The molecule has 16 heavy (non-hydrogen) atoms. The molecule has 2 nitrogen and oxygen atoms in total. The Morgan fingerprint density at radius 2 is 2.06 bits per heavy atom. The molecule has 0 amide bonds. The first kappa shape index (κ1) is 11.0. The van der Waals surface area contributed by atoms with Crippen LogP contribution in [0.15, 0.2) is 6.07 Å². The Morgan fingerprint density at radius 3 is 2.62 bits per heavy atom. The molecular weight excluding hydrogens is 318 g/mol. The smallest absolute Gasteiger partial charge is 0.123 e. The highest BCUT2D eigenvalue weighted by molar-refractivity contribution is 14.1. The second kappa shape index (κ2) is 3.68. The van der Waals surface area contributed by atoms with Crippen molar-refractivity contribution in [3.8, 4) is 0 Å². The van der Waals surface area contributed by atoms with Gasteiger partial charge in [-0.2, -0.15) is 5.10 Å². The summed E-state index contributed by atoms with van der Waals surface area (Å²) in [6, 6.07) is 2.58. The van der Waals surface area contributed by atoms with Crippen molar-refractivity contribution in [1.82, 2.24) is 9.78 Å². The molecule has 3 rings (SSSR count). The highest BCUT2D eigenvalue weighted by Crippen LogP contribution is 2.63. The largest absolute Gasteiger partial charge is 0.266 e. The molecule has 4 atom stereocenters. The quantitative estimate of drug-likeness (QED) is 0.757. The fourth-order valence-electron chi connectivity index (χ4n) is 3.25. The molecule has 1 aromatic heterocycles. The number of fused-ring (bicyclic) bond motifs is 1. The van der Waals surface area contributed by atoms with Crippen LogP contribution in [-0.2, 0) is 0 Å². The first-order valence-electron chi connectivity index (χ1n) is 5.97.